The number of nitrogens with one attached hydrogen (secondary N) is 3. The first kappa shape index (κ1) is 18.9. The van der Waals surface area contributed by atoms with Gasteiger partial charge in [0, 0.05) is 40.3 Å². The number of methoxy groups -OCH3 is 1. The van der Waals surface area contributed by atoms with E-state index < -0.39 is 5.23 Å². The average Bonchev–Trinajstić information content (AvgIpc) is 2.96. The lowest BCUT2D eigenvalue weighted by Crippen LogP contribution is -2.99. The van der Waals surface area contributed by atoms with Crippen molar-refractivity contribution >= 4 is 22.5 Å². The van der Waals surface area contributed by atoms with E-state index in [1.165, 1.54) is 6.07 Å². The van der Waals surface area contributed by atoms with Gasteiger partial charge in [-0.15, -0.1) is 0 Å². The minimum Gasteiger partial charge on any atom is -0.595 e. The van der Waals surface area contributed by atoms with Crippen LogP contribution in [0.15, 0.2) is 36.4 Å². The third kappa shape index (κ3) is 3.95. The number of ether oxygens (including phenoxy) is 1. The maximum absolute atomic E-state index is 12.4. The van der Waals surface area contributed by atoms with Crippen LogP contribution in [-0.4, -0.2) is 29.8 Å². The number of hydrogen-bond acceptors (Lipinski definition) is 4. The van der Waals surface area contributed by atoms with E-state index in [2.05, 4.69) is 10.3 Å². The molecule has 27 heavy (non-hydrogen) atoms. The van der Waals surface area contributed by atoms with Crippen LogP contribution in [0.5, 0.6) is 5.75 Å². The van der Waals surface area contributed by atoms with Crippen LogP contribution in [0.25, 0.3) is 10.9 Å². The summed E-state index contributed by atoms with van der Waals surface area (Å²) >= 11 is 0. The number of carbonyl (C=O) groups excluding carboxylic acids is 1. The molecular formula is C20H23N3O4. The lowest BCUT2D eigenvalue weighted by atomic mass is 10.1. The molecule has 1 aromatic heterocycles. The molecule has 2 aromatic carbocycles. The smallest absolute Gasteiger partial charge is 0.251 e. The first-order chi connectivity index (χ1) is 12.9. The Morgan fingerprint density at radius 3 is 2.74 bits per heavy atom. The van der Waals surface area contributed by atoms with Crippen molar-refractivity contribution in [2.75, 3.05) is 13.7 Å². The van der Waals surface area contributed by atoms with Crippen molar-refractivity contribution in [1.82, 2.24) is 10.3 Å². The van der Waals surface area contributed by atoms with Crippen LogP contribution in [0.1, 0.15) is 27.2 Å². The van der Waals surface area contributed by atoms with Crippen LogP contribution >= 0.6 is 0 Å². The number of quaternary nitrogens is 1. The number of hydrogen-bond donors (Lipinski definition) is 4. The molecule has 1 amide bonds. The summed E-state index contributed by atoms with van der Waals surface area (Å²) < 4.78 is 5.30. The Labute approximate surface area is 157 Å². The fourth-order valence-electron chi connectivity index (χ4n) is 3.21. The summed E-state index contributed by atoms with van der Waals surface area (Å²) in [6.45, 7) is 4.15. The van der Waals surface area contributed by atoms with Crippen LogP contribution in [0.4, 0.5) is 5.69 Å². The van der Waals surface area contributed by atoms with Crippen LogP contribution in [-0.2, 0) is 6.42 Å². The van der Waals surface area contributed by atoms with Crippen molar-refractivity contribution in [2.24, 2.45) is 0 Å². The monoisotopic (exact) mass is 369 g/mol. The predicted octanol–water partition coefficient (Wildman–Crippen LogP) is 2.17. The van der Waals surface area contributed by atoms with Crippen LogP contribution < -0.4 is 15.3 Å². The number of aromatic nitrogens is 1. The third-order valence-corrected chi connectivity index (χ3v) is 4.72. The molecule has 4 N–H and O–H groups in total. The summed E-state index contributed by atoms with van der Waals surface area (Å²) in [5, 5.41) is 23.3. The fourth-order valence-corrected chi connectivity index (χ4v) is 3.21. The standard InChI is InChI=1S/C20H23N3O4/c1-12-4-5-14(10-19(12)23(25)26)20(24)21-9-8-16-13(2)22-18-7-6-15(27-3)11-17(16)18/h4-7,10-11,22-23,25H,8-9H2,1-3H3,(H,21,24). The maximum Gasteiger partial charge on any atom is 0.251 e. The molecule has 7 heteroatoms. The highest BCUT2D eigenvalue weighted by Gasteiger charge is 2.13. The molecule has 0 saturated carbocycles. The second kappa shape index (κ2) is 7.79. The van der Waals surface area contributed by atoms with Crippen LogP contribution in [0.3, 0.4) is 0 Å². The van der Waals surface area contributed by atoms with Crippen molar-refractivity contribution in [1.29, 1.82) is 0 Å². The molecule has 0 spiro atoms. The predicted molar refractivity (Wildman–Crippen MR) is 103 cm³/mol. The number of fused-ring (bicyclic) bond motifs is 1. The largest absolute Gasteiger partial charge is 0.595 e. The van der Waals surface area contributed by atoms with E-state index in [0.29, 0.717) is 24.1 Å². The van der Waals surface area contributed by atoms with Gasteiger partial charge in [0.15, 0.2) is 5.69 Å². The van der Waals surface area contributed by atoms with E-state index in [-0.39, 0.29) is 11.6 Å². The SMILES string of the molecule is COc1ccc2[nH]c(C)c(CCNC(=O)c3ccc(C)c([NH+]([O-])O)c3)c2c1. The summed E-state index contributed by atoms with van der Waals surface area (Å²) in [5.74, 6) is 0.500. The topological polar surface area (TPSA) is 102 Å². The molecule has 1 atom stereocenters. The molecule has 0 aliphatic rings. The molecular weight excluding hydrogens is 346 g/mol. The molecule has 0 radical (unpaired) electrons. The van der Waals surface area contributed by atoms with Gasteiger partial charge in [0.2, 0.25) is 0 Å². The van der Waals surface area contributed by atoms with Gasteiger partial charge in [-0.05, 0) is 50.1 Å². The Bertz CT molecular complexity index is 979. The molecule has 1 unspecified atom stereocenters. The number of carbonyl (C=O) groups is 1. The van der Waals surface area contributed by atoms with E-state index in [0.717, 1.165) is 27.9 Å². The Morgan fingerprint density at radius 2 is 2.04 bits per heavy atom. The molecule has 0 aliphatic heterocycles. The van der Waals surface area contributed by atoms with Crippen molar-refractivity contribution in [2.45, 2.75) is 20.3 Å². The minimum atomic E-state index is -1.04. The number of aryl methyl sites for hydroxylation is 2. The van der Waals surface area contributed by atoms with E-state index in [1.807, 2.05) is 25.1 Å². The van der Waals surface area contributed by atoms with Gasteiger partial charge >= 0.3 is 0 Å². The number of rotatable bonds is 6. The molecule has 0 aliphatic carbocycles. The summed E-state index contributed by atoms with van der Waals surface area (Å²) in [4.78, 5) is 15.7. The second-order valence-corrected chi connectivity index (χ2v) is 6.48. The molecule has 3 rings (SSSR count). The molecule has 7 nitrogen and oxygen atoms in total. The highest BCUT2D eigenvalue weighted by atomic mass is 16.8. The second-order valence-electron chi connectivity index (χ2n) is 6.48. The minimum absolute atomic E-state index is 0.141. The lowest BCUT2D eigenvalue weighted by molar-refractivity contribution is -0.991. The van der Waals surface area contributed by atoms with Crippen molar-refractivity contribution < 1.29 is 20.0 Å². The van der Waals surface area contributed by atoms with Gasteiger partial charge in [-0.3, -0.25) is 4.79 Å². The Hall–Kier alpha value is -2.87. The molecule has 3 aromatic rings. The molecule has 0 saturated heterocycles. The van der Waals surface area contributed by atoms with E-state index >= 15 is 0 Å². The first-order valence-electron chi connectivity index (χ1n) is 8.68. The highest BCUT2D eigenvalue weighted by Crippen LogP contribution is 2.26. The van der Waals surface area contributed by atoms with Crippen LogP contribution in [0, 0.1) is 19.1 Å². The summed E-state index contributed by atoms with van der Waals surface area (Å²) in [6.07, 6.45) is 0.655. The Balaban J connectivity index is 1.71. The molecule has 0 fully saturated rings. The van der Waals surface area contributed by atoms with Gasteiger partial charge in [-0.1, -0.05) is 6.07 Å². The number of amides is 1. The zero-order chi connectivity index (χ0) is 19.6. The quantitative estimate of drug-likeness (QED) is 0.500. The highest BCUT2D eigenvalue weighted by molar-refractivity contribution is 5.95. The van der Waals surface area contributed by atoms with E-state index in [4.69, 9.17) is 4.74 Å². The fraction of sp³-hybridized carbons (Fsp3) is 0.250. The van der Waals surface area contributed by atoms with Crippen LogP contribution in [0.2, 0.25) is 0 Å². The van der Waals surface area contributed by atoms with Crippen molar-refractivity contribution in [3.05, 3.63) is 64.0 Å². The normalized spacial score (nSPS) is 12.2. The zero-order valence-corrected chi connectivity index (χ0v) is 15.6. The number of H-pyrrole nitrogens is 1. The Morgan fingerprint density at radius 1 is 1.26 bits per heavy atom. The third-order valence-electron chi connectivity index (χ3n) is 4.72. The number of benzene rings is 2. The first-order valence-corrected chi connectivity index (χ1v) is 8.68. The maximum atomic E-state index is 12.4. The molecule has 1 heterocycles. The van der Waals surface area contributed by atoms with Gasteiger partial charge < -0.3 is 20.2 Å². The van der Waals surface area contributed by atoms with Gasteiger partial charge in [0.05, 0.1) is 7.11 Å². The van der Waals surface area contributed by atoms with Gasteiger partial charge in [-0.2, -0.15) is 5.23 Å². The van der Waals surface area contributed by atoms with Gasteiger partial charge in [0.1, 0.15) is 5.75 Å². The van der Waals surface area contributed by atoms with Gasteiger partial charge in [0.25, 0.3) is 5.91 Å². The zero-order valence-electron chi connectivity index (χ0n) is 15.6. The summed E-state index contributed by atoms with van der Waals surface area (Å²) in [5.41, 5.74) is 4.31. The molecule has 142 valence electrons. The average molecular weight is 369 g/mol. The van der Waals surface area contributed by atoms with Crippen molar-refractivity contribution in [3.63, 3.8) is 0 Å². The summed E-state index contributed by atoms with van der Waals surface area (Å²) in [6, 6.07) is 10.6. The number of aromatic amines is 1. The van der Waals surface area contributed by atoms with E-state index in [9.17, 15) is 15.2 Å². The lowest BCUT2D eigenvalue weighted by Gasteiger charge is -2.15. The van der Waals surface area contributed by atoms with E-state index in [1.54, 1.807) is 26.2 Å². The van der Waals surface area contributed by atoms with Gasteiger partial charge in [-0.25, -0.2) is 5.21 Å². The van der Waals surface area contributed by atoms with Crippen molar-refractivity contribution in [3.8, 4) is 5.75 Å². The molecule has 0 bridgehead atoms. The summed E-state index contributed by atoms with van der Waals surface area (Å²) in [7, 11) is 1.63. The Kier molecular flexibility index (Phi) is 5.46.